The third kappa shape index (κ3) is 4.71. The molecule has 1 aromatic carbocycles. The van der Waals surface area contributed by atoms with E-state index in [0.717, 1.165) is 28.0 Å². The fourth-order valence-corrected chi connectivity index (χ4v) is 11.0. The molecule has 3 aromatic heterocycles. The van der Waals surface area contributed by atoms with Crippen LogP contribution in [0.15, 0.2) is 65.3 Å². The number of para-hydroxylation sites is 1. The van der Waals surface area contributed by atoms with Gasteiger partial charge < -0.3 is 4.57 Å². The molecule has 39 heavy (non-hydrogen) atoms. The molecule has 1 aliphatic heterocycles. The van der Waals surface area contributed by atoms with Crippen molar-refractivity contribution in [2.45, 2.75) is 57.8 Å². The molecule has 0 spiro atoms. The molecule has 4 aromatic rings. The van der Waals surface area contributed by atoms with Crippen molar-refractivity contribution in [3.05, 3.63) is 61.3 Å². The van der Waals surface area contributed by atoms with Crippen LogP contribution >= 0.6 is 0 Å². The number of hydrogen-bond acceptors (Lipinski definition) is 6. The largest absolute Gasteiger partial charge is 0.301 e. The summed E-state index contributed by atoms with van der Waals surface area (Å²) in [6.07, 6.45) is 7.59. The zero-order valence-corrected chi connectivity index (χ0v) is 25.3. The number of aromatic nitrogens is 5. The first-order chi connectivity index (χ1) is 18.4. The van der Waals surface area contributed by atoms with Crippen LogP contribution in [0.1, 0.15) is 34.1 Å². The van der Waals surface area contributed by atoms with Crippen LogP contribution in [-0.2, 0) is 15.5 Å². The number of rotatable bonds is 7. The highest BCUT2D eigenvalue weighted by Gasteiger charge is 2.50. The minimum Gasteiger partial charge on any atom is -0.301 e. The summed E-state index contributed by atoms with van der Waals surface area (Å²) < 4.78 is 25.0. The van der Waals surface area contributed by atoms with Crippen LogP contribution in [0.25, 0.3) is 28.0 Å². The molecule has 1 saturated heterocycles. The molecular weight excluding hydrogens is 525 g/mol. The van der Waals surface area contributed by atoms with Gasteiger partial charge in [-0.2, -0.15) is 10.4 Å². The molecule has 0 N–H and O–H groups in total. The number of nitriles is 1. The Morgan fingerprint density at radius 2 is 1.87 bits per heavy atom. The molecule has 1 fully saturated rings. The van der Waals surface area contributed by atoms with E-state index in [1.165, 1.54) is 0 Å². The number of hydrogen-bond donors (Lipinski definition) is 0. The van der Waals surface area contributed by atoms with Crippen LogP contribution in [0.4, 0.5) is 0 Å². The second-order valence-corrected chi connectivity index (χ2v) is 19.5. The maximum absolute atomic E-state index is 14.1. The fraction of sp³-hybridized carbons (Fsp3) is 0.429. The molecule has 9 nitrogen and oxygen atoms in total. The lowest BCUT2D eigenvalue weighted by molar-refractivity contribution is 0.0751. The van der Waals surface area contributed by atoms with Gasteiger partial charge >= 0.3 is 0 Å². The van der Waals surface area contributed by atoms with Crippen molar-refractivity contribution in [2.75, 3.05) is 18.8 Å². The Hall–Kier alpha value is -3.33. The summed E-state index contributed by atoms with van der Waals surface area (Å²) in [6.45, 7) is 13.8. The van der Waals surface area contributed by atoms with E-state index in [9.17, 15) is 9.47 Å². The molecular formula is C28H36N8OSSi. The lowest BCUT2D eigenvalue weighted by Gasteiger charge is -2.50. The van der Waals surface area contributed by atoms with Gasteiger partial charge in [0.1, 0.15) is 27.4 Å². The standard InChI is InChI=1S/C28H36N8OSSi/c1-7-38(37,33-39(5,6)27(2,3)4)34-19-28(20-34,14-15-29)36-18-22(17-32-36)25-24-13-16-35(26(24)31-21-30-25)23-11-9-8-10-12-23/h8-13,16-18,21H,7,14,19-20H2,1-6H3. The Morgan fingerprint density at radius 1 is 1.15 bits per heavy atom. The SMILES string of the molecule is CCS(=O)(=N[Si](C)(C)C(C)(C)C)N1CC(CC#N)(n2cc(-c3ncnc4c3ccn4-c3ccccc3)cn2)C1. The second kappa shape index (κ2) is 9.69. The normalized spacial score (nSPS) is 17.4. The maximum atomic E-state index is 14.1. The summed E-state index contributed by atoms with van der Waals surface area (Å²) in [4.78, 5) is 9.14. The molecule has 0 amide bonds. The van der Waals surface area contributed by atoms with Gasteiger partial charge in [0.2, 0.25) is 0 Å². The smallest absolute Gasteiger partial charge is 0.194 e. The lowest BCUT2D eigenvalue weighted by Crippen LogP contribution is -2.64. The zero-order chi connectivity index (χ0) is 28.1. The van der Waals surface area contributed by atoms with E-state index in [1.807, 2.05) is 69.3 Å². The Kier molecular flexibility index (Phi) is 6.77. The number of nitrogens with zero attached hydrogens (tertiary/aromatic N) is 8. The van der Waals surface area contributed by atoms with E-state index in [1.54, 1.807) is 12.5 Å². The first kappa shape index (κ1) is 27.2. The van der Waals surface area contributed by atoms with Crippen molar-refractivity contribution in [2.24, 2.45) is 4.03 Å². The van der Waals surface area contributed by atoms with Gasteiger partial charge in [0.05, 0.1) is 24.4 Å². The van der Waals surface area contributed by atoms with Gasteiger partial charge in [0.15, 0.2) is 8.24 Å². The van der Waals surface area contributed by atoms with Gasteiger partial charge in [-0.15, -0.1) is 0 Å². The van der Waals surface area contributed by atoms with Crippen LogP contribution in [0.5, 0.6) is 0 Å². The van der Waals surface area contributed by atoms with E-state index in [2.05, 4.69) is 49.9 Å². The third-order valence-electron chi connectivity index (χ3n) is 8.19. The molecule has 0 saturated carbocycles. The van der Waals surface area contributed by atoms with Gasteiger partial charge in [-0.05, 0) is 36.3 Å². The van der Waals surface area contributed by atoms with Gasteiger partial charge in [-0.3, -0.25) is 8.71 Å². The van der Waals surface area contributed by atoms with Crippen molar-refractivity contribution in [1.82, 2.24) is 28.6 Å². The van der Waals surface area contributed by atoms with Gasteiger partial charge in [-0.25, -0.2) is 18.5 Å². The Morgan fingerprint density at radius 3 is 2.51 bits per heavy atom. The molecule has 0 radical (unpaired) electrons. The van der Waals surface area contributed by atoms with E-state index in [4.69, 9.17) is 9.13 Å². The summed E-state index contributed by atoms with van der Waals surface area (Å²) in [5.74, 6) is 0.462. The van der Waals surface area contributed by atoms with Crippen molar-refractivity contribution in [3.8, 4) is 23.0 Å². The monoisotopic (exact) mass is 560 g/mol. The van der Waals surface area contributed by atoms with Crippen molar-refractivity contribution in [1.29, 1.82) is 5.26 Å². The summed E-state index contributed by atoms with van der Waals surface area (Å²) in [5, 5.41) is 15.3. The first-order valence-electron chi connectivity index (χ1n) is 13.2. The minimum absolute atomic E-state index is 0.00133. The highest BCUT2D eigenvalue weighted by atomic mass is 32.2. The molecule has 1 unspecified atom stereocenters. The molecule has 1 atom stereocenters. The first-order valence-corrected chi connectivity index (χ1v) is 17.8. The molecule has 5 rings (SSSR count). The van der Waals surface area contributed by atoms with Crippen molar-refractivity contribution >= 4 is 29.2 Å². The second-order valence-electron chi connectivity index (χ2n) is 11.8. The van der Waals surface area contributed by atoms with Gasteiger partial charge in [-0.1, -0.05) is 45.9 Å². The topological polar surface area (TPSA) is 105 Å². The van der Waals surface area contributed by atoms with Crippen molar-refractivity contribution < 1.29 is 4.21 Å². The average Bonchev–Trinajstić information content (AvgIpc) is 3.53. The molecule has 4 heterocycles. The quantitative estimate of drug-likeness (QED) is 0.273. The number of fused-ring (bicyclic) bond motifs is 1. The molecule has 11 heteroatoms. The van der Waals surface area contributed by atoms with Crippen LogP contribution in [-0.4, -0.2) is 59.9 Å². The predicted octanol–water partition coefficient (Wildman–Crippen LogP) is 5.62. The third-order valence-corrected chi connectivity index (χ3v) is 16.6. The highest BCUT2D eigenvalue weighted by molar-refractivity contribution is 7.92. The highest BCUT2D eigenvalue weighted by Crippen LogP contribution is 2.41. The number of benzene rings is 1. The van der Waals surface area contributed by atoms with Gasteiger partial charge in [0.25, 0.3) is 0 Å². The van der Waals surface area contributed by atoms with Crippen LogP contribution in [0.2, 0.25) is 18.1 Å². The average molecular weight is 561 g/mol. The van der Waals surface area contributed by atoms with Gasteiger partial charge in [0, 0.05) is 47.9 Å². The molecule has 0 aliphatic carbocycles. The molecule has 204 valence electrons. The maximum Gasteiger partial charge on any atom is 0.194 e. The van der Waals surface area contributed by atoms with Crippen LogP contribution in [0.3, 0.4) is 0 Å². The Bertz CT molecular complexity index is 1660. The van der Waals surface area contributed by atoms with Crippen LogP contribution < -0.4 is 0 Å². The lowest BCUT2D eigenvalue weighted by atomic mass is 9.89. The predicted molar refractivity (Wildman–Crippen MR) is 158 cm³/mol. The van der Waals surface area contributed by atoms with E-state index < -0.39 is 23.7 Å². The minimum atomic E-state index is -2.56. The van der Waals surface area contributed by atoms with Crippen molar-refractivity contribution in [3.63, 3.8) is 0 Å². The molecule has 0 bridgehead atoms. The van der Waals surface area contributed by atoms with E-state index >= 15 is 0 Å². The summed E-state index contributed by atoms with van der Waals surface area (Å²) >= 11 is 0. The fourth-order valence-electron chi connectivity index (χ4n) is 4.78. The summed E-state index contributed by atoms with van der Waals surface area (Å²) in [5.41, 5.74) is 2.92. The van der Waals surface area contributed by atoms with Crippen LogP contribution in [0, 0.1) is 11.3 Å². The Balaban J connectivity index is 1.47. The summed E-state index contributed by atoms with van der Waals surface area (Å²) in [7, 11) is -4.69. The van der Waals surface area contributed by atoms with E-state index in [-0.39, 0.29) is 11.5 Å². The van der Waals surface area contributed by atoms with E-state index in [0.29, 0.717) is 18.8 Å². The zero-order valence-electron chi connectivity index (χ0n) is 23.5. The summed E-state index contributed by atoms with van der Waals surface area (Å²) in [6, 6.07) is 14.4. The Labute approximate surface area is 231 Å². The molecule has 1 aliphatic rings.